The molecule has 0 fully saturated rings. The van der Waals surface area contributed by atoms with Crippen LogP contribution in [0.2, 0.25) is 5.02 Å². The first kappa shape index (κ1) is 16.2. The predicted octanol–water partition coefficient (Wildman–Crippen LogP) is 4.41. The number of ether oxygens (including phenoxy) is 1. The van der Waals surface area contributed by atoms with Crippen LogP contribution in [0.4, 0.5) is 10.5 Å². The van der Waals surface area contributed by atoms with Crippen LogP contribution < -0.4 is 15.4 Å². The van der Waals surface area contributed by atoms with Crippen LogP contribution in [0.5, 0.6) is 5.75 Å². The van der Waals surface area contributed by atoms with Crippen LogP contribution in [0, 0.1) is 0 Å². The van der Waals surface area contributed by atoms with Gasteiger partial charge in [-0.3, -0.25) is 0 Å². The number of urea groups is 1. The molecule has 22 heavy (non-hydrogen) atoms. The lowest BCUT2D eigenvalue weighted by molar-refractivity contribution is 0.242. The van der Waals surface area contributed by atoms with Gasteiger partial charge in [0.25, 0.3) is 0 Å². The highest BCUT2D eigenvalue weighted by molar-refractivity contribution is 6.33. The second-order valence-corrected chi connectivity index (χ2v) is 5.82. The van der Waals surface area contributed by atoms with Gasteiger partial charge in [0.05, 0.1) is 23.4 Å². The van der Waals surface area contributed by atoms with Gasteiger partial charge in [-0.15, -0.1) is 0 Å². The average molecular weight is 319 g/mol. The Labute approximate surface area is 135 Å². The maximum absolute atomic E-state index is 12.2. The van der Waals surface area contributed by atoms with Crippen molar-refractivity contribution < 1.29 is 9.53 Å². The Balaban J connectivity index is 2.07. The van der Waals surface area contributed by atoms with Crippen molar-refractivity contribution in [1.29, 1.82) is 0 Å². The fourth-order valence-corrected chi connectivity index (χ4v) is 2.26. The van der Waals surface area contributed by atoms with E-state index in [2.05, 4.69) is 10.6 Å². The van der Waals surface area contributed by atoms with E-state index < -0.39 is 5.54 Å². The molecule has 2 rings (SSSR count). The molecule has 0 aromatic heterocycles. The highest BCUT2D eigenvalue weighted by Crippen LogP contribution is 2.24. The monoisotopic (exact) mass is 318 g/mol. The molecule has 0 radical (unpaired) electrons. The number of nitrogens with one attached hydrogen (secondary N) is 2. The van der Waals surface area contributed by atoms with Crippen molar-refractivity contribution in [2.24, 2.45) is 0 Å². The number of carbonyl (C=O) groups excluding carboxylic acids is 1. The van der Waals surface area contributed by atoms with Crippen molar-refractivity contribution in [2.75, 3.05) is 12.4 Å². The fraction of sp³-hybridized carbons (Fsp3) is 0.235. The summed E-state index contributed by atoms with van der Waals surface area (Å²) in [5.41, 5.74) is 1.02. The number of benzene rings is 2. The third kappa shape index (κ3) is 3.92. The van der Waals surface area contributed by atoms with E-state index in [1.54, 1.807) is 19.2 Å². The number of carbonyl (C=O) groups is 1. The lowest BCUT2D eigenvalue weighted by Gasteiger charge is -2.27. The number of anilines is 1. The molecule has 0 atom stereocenters. The van der Waals surface area contributed by atoms with Crippen LogP contribution in [0.1, 0.15) is 19.4 Å². The Morgan fingerprint density at radius 1 is 1.09 bits per heavy atom. The van der Waals surface area contributed by atoms with E-state index in [-0.39, 0.29) is 6.03 Å². The summed E-state index contributed by atoms with van der Waals surface area (Å²) in [6.45, 7) is 3.86. The van der Waals surface area contributed by atoms with Crippen molar-refractivity contribution >= 4 is 23.3 Å². The van der Waals surface area contributed by atoms with E-state index in [9.17, 15) is 4.79 Å². The number of hydrogen-bond donors (Lipinski definition) is 2. The molecule has 0 heterocycles. The van der Waals surface area contributed by atoms with Gasteiger partial charge in [-0.25, -0.2) is 4.79 Å². The maximum Gasteiger partial charge on any atom is 0.319 e. The number of amides is 2. The van der Waals surface area contributed by atoms with Crippen molar-refractivity contribution in [1.82, 2.24) is 5.32 Å². The van der Waals surface area contributed by atoms with Crippen LogP contribution in [0.3, 0.4) is 0 Å². The largest absolute Gasteiger partial charge is 0.497 e. The van der Waals surface area contributed by atoms with E-state index in [1.165, 1.54) is 0 Å². The van der Waals surface area contributed by atoms with Crippen LogP contribution >= 0.6 is 11.6 Å². The molecule has 2 amide bonds. The van der Waals surface area contributed by atoms with Gasteiger partial charge in [0.1, 0.15) is 5.75 Å². The van der Waals surface area contributed by atoms with E-state index >= 15 is 0 Å². The Hall–Kier alpha value is -2.20. The average Bonchev–Trinajstić information content (AvgIpc) is 2.49. The zero-order valence-corrected chi connectivity index (χ0v) is 13.6. The molecular weight excluding hydrogens is 300 g/mol. The van der Waals surface area contributed by atoms with Gasteiger partial charge in [-0.1, -0.05) is 35.9 Å². The number of hydrogen-bond acceptors (Lipinski definition) is 2. The zero-order chi connectivity index (χ0) is 16.2. The van der Waals surface area contributed by atoms with Gasteiger partial charge >= 0.3 is 6.03 Å². The topological polar surface area (TPSA) is 50.4 Å². The number of methoxy groups -OCH3 is 1. The first-order valence-electron chi connectivity index (χ1n) is 6.90. The molecule has 0 bridgehead atoms. The van der Waals surface area contributed by atoms with Crippen LogP contribution in [0.15, 0.2) is 48.5 Å². The number of para-hydroxylation sites is 1. The fourth-order valence-electron chi connectivity index (χ4n) is 2.08. The van der Waals surface area contributed by atoms with E-state index in [0.717, 1.165) is 11.3 Å². The Morgan fingerprint density at radius 2 is 1.73 bits per heavy atom. The predicted molar refractivity (Wildman–Crippen MR) is 89.6 cm³/mol. The van der Waals surface area contributed by atoms with Crippen molar-refractivity contribution in [3.05, 3.63) is 59.1 Å². The van der Waals surface area contributed by atoms with Gasteiger partial charge < -0.3 is 15.4 Å². The minimum Gasteiger partial charge on any atom is -0.497 e. The summed E-state index contributed by atoms with van der Waals surface area (Å²) in [6.07, 6.45) is 0. The quantitative estimate of drug-likeness (QED) is 0.877. The minimum absolute atomic E-state index is 0.311. The van der Waals surface area contributed by atoms with E-state index in [4.69, 9.17) is 16.3 Å². The van der Waals surface area contributed by atoms with E-state index in [1.807, 2.05) is 50.2 Å². The summed E-state index contributed by atoms with van der Waals surface area (Å²) < 4.78 is 5.14. The summed E-state index contributed by atoms with van der Waals surface area (Å²) in [5, 5.41) is 6.19. The first-order chi connectivity index (χ1) is 10.4. The molecule has 5 heteroatoms. The van der Waals surface area contributed by atoms with Crippen molar-refractivity contribution in [3.63, 3.8) is 0 Å². The first-order valence-corrected chi connectivity index (χ1v) is 7.28. The second kappa shape index (κ2) is 6.71. The van der Waals surface area contributed by atoms with Crippen LogP contribution in [-0.4, -0.2) is 13.1 Å². The summed E-state index contributed by atoms with van der Waals surface area (Å²) in [7, 11) is 1.62. The second-order valence-electron chi connectivity index (χ2n) is 5.41. The molecule has 0 aliphatic heterocycles. The standard InChI is InChI=1S/C17H19ClN2O2/c1-17(2,12-8-10-13(22-3)11-9-12)20-16(21)19-15-7-5-4-6-14(15)18/h4-11H,1-3H3,(H2,19,20,21). The highest BCUT2D eigenvalue weighted by atomic mass is 35.5. The lowest BCUT2D eigenvalue weighted by atomic mass is 9.94. The van der Waals surface area contributed by atoms with Gasteiger partial charge in [-0.2, -0.15) is 0 Å². The molecule has 0 saturated heterocycles. The molecular formula is C17H19ClN2O2. The molecule has 4 nitrogen and oxygen atoms in total. The molecule has 0 saturated carbocycles. The van der Waals surface area contributed by atoms with Gasteiger partial charge in [0, 0.05) is 0 Å². The Bertz CT molecular complexity index is 654. The molecule has 2 aromatic carbocycles. The molecule has 0 aliphatic carbocycles. The van der Waals surface area contributed by atoms with E-state index in [0.29, 0.717) is 10.7 Å². The normalized spacial score (nSPS) is 10.9. The van der Waals surface area contributed by atoms with Crippen molar-refractivity contribution in [2.45, 2.75) is 19.4 Å². The summed E-state index contributed by atoms with van der Waals surface area (Å²) in [4.78, 5) is 12.2. The number of halogens is 1. The van der Waals surface area contributed by atoms with Crippen molar-refractivity contribution in [3.8, 4) is 5.75 Å². The van der Waals surface area contributed by atoms with Gasteiger partial charge in [0.2, 0.25) is 0 Å². The third-order valence-corrected chi connectivity index (χ3v) is 3.69. The van der Waals surface area contributed by atoms with Gasteiger partial charge in [-0.05, 0) is 43.7 Å². The molecule has 0 spiro atoms. The maximum atomic E-state index is 12.2. The highest BCUT2D eigenvalue weighted by Gasteiger charge is 2.23. The van der Waals surface area contributed by atoms with Gasteiger partial charge in [0.15, 0.2) is 0 Å². The smallest absolute Gasteiger partial charge is 0.319 e. The summed E-state index contributed by atoms with van der Waals surface area (Å²) in [6, 6.07) is 14.4. The Morgan fingerprint density at radius 3 is 2.32 bits per heavy atom. The molecule has 2 N–H and O–H groups in total. The molecule has 116 valence electrons. The molecule has 0 unspecified atom stereocenters. The summed E-state index contributed by atoms with van der Waals surface area (Å²) in [5.74, 6) is 0.778. The Kier molecular flexibility index (Phi) is 4.93. The third-order valence-electron chi connectivity index (χ3n) is 3.36. The molecule has 0 aliphatic rings. The summed E-state index contributed by atoms with van der Waals surface area (Å²) >= 11 is 6.03. The zero-order valence-electron chi connectivity index (χ0n) is 12.8. The van der Waals surface area contributed by atoms with Crippen LogP contribution in [-0.2, 0) is 5.54 Å². The molecule has 2 aromatic rings. The number of rotatable bonds is 4. The SMILES string of the molecule is COc1ccc(C(C)(C)NC(=O)Nc2ccccc2Cl)cc1. The lowest BCUT2D eigenvalue weighted by Crippen LogP contribution is -2.43. The van der Waals surface area contributed by atoms with Crippen LogP contribution in [0.25, 0.3) is 0 Å². The minimum atomic E-state index is -0.530.